The first-order valence-electron chi connectivity index (χ1n) is 2.91. The fourth-order valence-electron chi connectivity index (χ4n) is 0.618. The smallest absolute Gasteiger partial charge is 0.0827 e. The minimum Gasteiger partial charge on any atom is -0.392 e. The van der Waals surface area contributed by atoms with E-state index < -0.39 is 0 Å². The Labute approximate surface area is 55.2 Å². The van der Waals surface area contributed by atoms with E-state index in [9.17, 15) is 0 Å². The minimum atomic E-state index is 0.659. The maximum atomic E-state index is 5.44. The number of nitrogens with two attached hydrogens (primary N) is 1. The number of hydrogen-bond acceptors (Lipinski definition) is 1. The van der Waals surface area contributed by atoms with Crippen molar-refractivity contribution in [3.8, 4) is 11.8 Å². The number of hydrogen-bond donors (Lipinski definition) is 1. The molecule has 0 spiro atoms. The van der Waals surface area contributed by atoms with Crippen LogP contribution in [-0.2, 0) is 0 Å². The van der Waals surface area contributed by atoms with Crippen LogP contribution in [0.15, 0.2) is 23.4 Å². The Morgan fingerprint density at radius 2 is 2.33 bits per heavy atom. The minimum absolute atomic E-state index is 0.659. The van der Waals surface area contributed by atoms with Crippen LogP contribution < -0.4 is 5.73 Å². The molecule has 0 aromatic heterocycles. The maximum absolute atomic E-state index is 5.44. The van der Waals surface area contributed by atoms with E-state index in [2.05, 4.69) is 11.8 Å². The highest BCUT2D eigenvalue weighted by atomic mass is 14.5. The first-order chi connectivity index (χ1) is 4.29. The number of rotatable bonds is 0. The van der Waals surface area contributed by atoms with Crippen LogP contribution in [0.3, 0.4) is 0 Å². The Kier molecular flexibility index (Phi) is 1.60. The van der Waals surface area contributed by atoms with Crippen molar-refractivity contribution in [1.29, 1.82) is 0 Å². The highest BCUT2D eigenvalue weighted by Gasteiger charge is 1.87. The van der Waals surface area contributed by atoms with E-state index in [0.717, 1.165) is 6.42 Å². The normalized spacial score (nSPS) is 16.6. The van der Waals surface area contributed by atoms with Crippen LogP contribution in [0, 0.1) is 11.8 Å². The fourth-order valence-corrected chi connectivity index (χ4v) is 0.618. The standard InChI is InChI=1S/C8H9N/c1-7-3-2-4-8(9)6-5-7/h5-6H,3,9H2,1H3. The predicted molar refractivity (Wildman–Crippen MR) is 38.4 cm³/mol. The van der Waals surface area contributed by atoms with Crippen molar-refractivity contribution in [3.05, 3.63) is 23.4 Å². The average Bonchev–Trinajstić information content (AvgIpc) is 1.97. The Balaban J connectivity index is 2.86. The Hall–Kier alpha value is -1.16. The molecule has 1 heteroatoms. The molecule has 0 atom stereocenters. The van der Waals surface area contributed by atoms with E-state index in [1.165, 1.54) is 5.57 Å². The highest BCUT2D eigenvalue weighted by Crippen LogP contribution is 2.01. The Morgan fingerprint density at radius 3 is 3.11 bits per heavy atom. The van der Waals surface area contributed by atoms with Gasteiger partial charge in [0.1, 0.15) is 0 Å². The van der Waals surface area contributed by atoms with Gasteiger partial charge in [-0.25, -0.2) is 0 Å². The third-order valence-corrected chi connectivity index (χ3v) is 1.15. The van der Waals surface area contributed by atoms with Gasteiger partial charge in [0.05, 0.1) is 5.70 Å². The summed E-state index contributed by atoms with van der Waals surface area (Å²) >= 11 is 0. The zero-order valence-corrected chi connectivity index (χ0v) is 5.44. The molecule has 0 radical (unpaired) electrons. The van der Waals surface area contributed by atoms with Crippen molar-refractivity contribution in [2.24, 2.45) is 5.73 Å². The van der Waals surface area contributed by atoms with Crippen LogP contribution in [0.4, 0.5) is 0 Å². The molecule has 1 rings (SSSR count). The van der Waals surface area contributed by atoms with Crippen molar-refractivity contribution in [1.82, 2.24) is 0 Å². The molecule has 0 aromatic carbocycles. The molecule has 0 aromatic rings. The van der Waals surface area contributed by atoms with Gasteiger partial charge in [-0.2, -0.15) is 0 Å². The van der Waals surface area contributed by atoms with Crippen molar-refractivity contribution in [2.45, 2.75) is 13.3 Å². The van der Waals surface area contributed by atoms with Crippen LogP contribution in [0.1, 0.15) is 13.3 Å². The third kappa shape index (κ3) is 1.65. The Bertz CT molecular complexity index is 223. The van der Waals surface area contributed by atoms with E-state index in [4.69, 9.17) is 5.73 Å². The predicted octanol–water partition coefficient (Wildman–Crippen LogP) is 1.18. The fraction of sp³-hybridized carbons (Fsp3) is 0.250. The van der Waals surface area contributed by atoms with Gasteiger partial charge in [0, 0.05) is 6.42 Å². The molecule has 1 aliphatic rings. The van der Waals surface area contributed by atoms with E-state index in [1.807, 2.05) is 19.1 Å². The third-order valence-electron chi connectivity index (χ3n) is 1.15. The quantitative estimate of drug-likeness (QED) is 0.476. The summed E-state index contributed by atoms with van der Waals surface area (Å²) in [6.07, 6.45) is 4.68. The summed E-state index contributed by atoms with van der Waals surface area (Å²) in [5.74, 6) is 5.75. The van der Waals surface area contributed by atoms with Gasteiger partial charge in [-0.15, -0.1) is 0 Å². The van der Waals surface area contributed by atoms with Crippen molar-refractivity contribution in [3.63, 3.8) is 0 Å². The van der Waals surface area contributed by atoms with Gasteiger partial charge < -0.3 is 5.73 Å². The molecule has 9 heavy (non-hydrogen) atoms. The van der Waals surface area contributed by atoms with E-state index in [-0.39, 0.29) is 0 Å². The SMILES string of the molecule is CC1=CC=C(N)C#CC1. The van der Waals surface area contributed by atoms with Crippen LogP contribution in [0.2, 0.25) is 0 Å². The van der Waals surface area contributed by atoms with Gasteiger partial charge in [-0.1, -0.05) is 17.6 Å². The molecule has 0 aliphatic heterocycles. The molecule has 0 bridgehead atoms. The first-order valence-corrected chi connectivity index (χ1v) is 2.91. The lowest BCUT2D eigenvalue weighted by molar-refractivity contribution is 1.26. The molecule has 1 nitrogen and oxygen atoms in total. The summed E-state index contributed by atoms with van der Waals surface area (Å²) in [6, 6.07) is 0. The molecule has 0 saturated heterocycles. The summed E-state index contributed by atoms with van der Waals surface area (Å²) in [7, 11) is 0. The lowest BCUT2D eigenvalue weighted by Crippen LogP contribution is -1.90. The van der Waals surface area contributed by atoms with Crippen LogP contribution in [0.25, 0.3) is 0 Å². The zero-order chi connectivity index (χ0) is 6.69. The first kappa shape index (κ1) is 5.97. The van der Waals surface area contributed by atoms with Crippen LogP contribution in [0.5, 0.6) is 0 Å². The summed E-state index contributed by atoms with van der Waals surface area (Å²) in [5, 5.41) is 0. The van der Waals surface area contributed by atoms with Gasteiger partial charge in [-0.3, -0.25) is 0 Å². The molecular weight excluding hydrogens is 110 g/mol. The van der Waals surface area contributed by atoms with Gasteiger partial charge in [0.15, 0.2) is 0 Å². The van der Waals surface area contributed by atoms with Crippen molar-refractivity contribution >= 4 is 0 Å². The van der Waals surface area contributed by atoms with E-state index >= 15 is 0 Å². The second-order valence-electron chi connectivity index (χ2n) is 2.11. The molecule has 2 N–H and O–H groups in total. The molecule has 1 aliphatic carbocycles. The van der Waals surface area contributed by atoms with E-state index in [0.29, 0.717) is 5.70 Å². The molecule has 0 fully saturated rings. The maximum Gasteiger partial charge on any atom is 0.0827 e. The van der Waals surface area contributed by atoms with Gasteiger partial charge in [0.25, 0.3) is 0 Å². The van der Waals surface area contributed by atoms with Gasteiger partial charge >= 0.3 is 0 Å². The lowest BCUT2D eigenvalue weighted by Gasteiger charge is -1.84. The lowest BCUT2D eigenvalue weighted by atomic mass is 10.2. The second kappa shape index (κ2) is 2.41. The summed E-state index contributed by atoms with van der Waals surface area (Å²) in [6.45, 7) is 2.05. The average molecular weight is 119 g/mol. The largest absolute Gasteiger partial charge is 0.392 e. The van der Waals surface area contributed by atoms with Crippen molar-refractivity contribution < 1.29 is 0 Å². The number of allylic oxidation sites excluding steroid dienone is 4. The Morgan fingerprint density at radius 1 is 1.56 bits per heavy atom. The molecule has 0 saturated carbocycles. The summed E-state index contributed by atoms with van der Waals surface area (Å²) < 4.78 is 0. The summed E-state index contributed by atoms with van der Waals surface area (Å²) in [4.78, 5) is 0. The zero-order valence-electron chi connectivity index (χ0n) is 5.44. The molecule has 0 heterocycles. The highest BCUT2D eigenvalue weighted by molar-refractivity contribution is 5.34. The molecule has 0 amide bonds. The summed E-state index contributed by atoms with van der Waals surface area (Å²) in [5.41, 5.74) is 7.37. The van der Waals surface area contributed by atoms with Gasteiger partial charge in [0.2, 0.25) is 0 Å². The monoisotopic (exact) mass is 119 g/mol. The molecular formula is C8H9N. The van der Waals surface area contributed by atoms with E-state index in [1.54, 1.807) is 0 Å². The van der Waals surface area contributed by atoms with Crippen molar-refractivity contribution in [2.75, 3.05) is 0 Å². The molecule has 46 valence electrons. The molecule has 0 unspecified atom stereocenters. The topological polar surface area (TPSA) is 26.0 Å². The van der Waals surface area contributed by atoms with Crippen LogP contribution >= 0.6 is 0 Å². The van der Waals surface area contributed by atoms with Gasteiger partial charge in [-0.05, 0) is 18.9 Å². The van der Waals surface area contributed by atoms with Crippen LogP contribution in [-0.4, -0.2) is 0 Å². The second-order valence-corrected chi connectivity index (χ2v) is 2.11.